The molecule has 0 saturated carbocycles. The van der Waals surface area contributed by atoms with Gasteiger partial charge in [-0.15, -0.1) is 0 Å². The summed E-state index contributed by atoms with van der Waals surface area (Å²) in [6, 6.07) is 8.68. The van der Waals surface area contributed by atoms with E-state index in [1.165, 1.54) is 25.8 Å². The number of carbonyl (C=O) groups excluding carboxylic acids is 1. The highest BCUT2D eigenvalue weighted by Gasteiger charge is 2.17. The maximum atomic E-state index is 12.0. The summed E-state index contributed by atoms with van der Waals surface area (Å²) in [5.41, 5.74) is 1.95. The minimum Gasteiger partial charge on any atom is -0.356 e. The number of hydrogen-bond donors (Lipinski definition) is 3. The molecule has 0 bridgehead atoms. The van der Waals surface area contributed by atoms with Gasteiger partial charge in [-0.3, -0.25) is 9.79 Å². The monoisotopic (exact) mass is 401 g/mol. The summed E-state index contributed by atoms with van der Waals surface area (Å²) in [4.78, 5) is 18.9. The van der Waals surface area contributed by atoms with Crippen LogP contribution in [0.3, 0.4) is 0 Å². The molecular weight excluding hydrogens is 362 g/mol. The van der Waals surface area contributed by atoms with Gasteiger partial charge in [0, 0.05) is 44.8 Å². The second-order valence-corrected chi connectivity index (χ2v) is 8.43. The summed E-state index contributed by atoms with van der Waals surface area (Å²) in [7, 11) is 1.80. The van der Waals surface area contributed by atoms with Crippen LogP contribution in [0.1, 0.15) is 58.4 Å². The number of rotatable bonds is 9. The van der Waals surface area contributed by atoms with Gasteiger partial charge in [0.25, 0.3) is 0 Å². The van der Waals surface area contributed by atoms with Crippen LogP contribution in [0.5, 0.6) is 0 Å². The molecule has 0 aromatic heterocycles. The standard InChI is InChI=1S/C23H39N5O/c1-18(2)15-22(29)27-21-11-7-10-20(16-21)17-26-23(24-4)25-12-8-14-28-13-6-5-9-19(28)3/h7,10-11,16,18-19H,5-6,8-9,12-15,17H2,1-4H3,(H,27,29)(H2,24,25,26). The van der Waals surface area contributed by atoms with Gasteiger partial charge in [-0.05, 0) is 56.3 Å². The first-order valence-corrected chi connectivity index (χ1v) is 11.0. The number of amides is 1. The smallest absolute Gasteiger partial charge is 0.224 e. The van der Waals surface area contributed by atoms with E-state index in [0.717, 1.165) is 42.8 Å². The van der Waals surface area contributed by atoms with Gasteiger partial charge < -0.3 is 20.9 Å². The maximum absolute atomic E-state index is 12.0. The van der Waals surface area contributed by atoms with Crippen molar-refractivity contribution in [3.8, 4) is 0 Å². The van der Waals surface area contributed by atoms with Crippen molar-refractivity contribution in [2.75, 3.05) is 32.0 Å². The molecule has 1 heterocycles. The number of hydrogen-bond acceptors (Lipinski definition) is 3. The first-order valence-electron chi connectivity index (χ1n) is 11.0. The Kier molecular flexibility index (Phi) is 9.98. The average Bonchev–Trinajstić information content (AvgIpc) is 2.68. The van der Waals surface area contributed by atoms with Crippen LogP contribution in [0, 0.1) is 5.92 Å². The lowest BCUT2D eigenvalue weighted by molar-refractivity contribution is -0.116. The van der Waals surface area contributed by atoms with E-state index in [1.807, 2.05) is 32.0 Å². The van der Waals surface area contributed by atoms with Crippen LogP contribution in [-0.4, -0.2) is 49.5 Å². The van der Waals surface area contributed by atoms with Crippen LogP contribution in [0.2, 0.25) is 0 Å². The van der Waals surface area contributed by atoms with Crippen molar-refractivity contribution in [2.24, 2.45) is 10.9 Å². The number of carbonyl (C=O) groups is 1. The number of nitrogens with one attached hydrogen (secondary N) is 3. The Morgan fingerprint density at radius 3 is 2.83 bits per heavy atom. The van der Waals surface area contributed by atoms with Crippen molar-refractivity contribution in [2.45, 2.75) is 65.5 Å². The van der Waals surface area contributed by atoms with Gasteiger partial charge in [-0.1, -0.05) is 32.4 Å². The fraction of sp³-hybridized carbons (Fsp3) is 0.652. The van der Waals surface area contributed by atoms with Crippen LogP contribution in [-0.2, 0) is 11.3 Å². The van der Waals surface area contributed by atoms with E-state index in [0.29, 0.717) is 18.9 Å². The Morgan fingerprint density at radius 2 is 2.10 bits per heavy atom. The molecule has 6 nitrogen and oxygen atoms in total. The van der Waals surface area contributed by atoms with E-state index < -0.39 is 0 Å². The van der Waals surface area contributed by atoms with Gasteiger partial charge in [-0.25, -0.2) is 0 Å². The molecule has 1 atom stereocenters. The molecule has 162 valence electrons. The van der Waals surface area contributed by atoms with E-state index in [4.69, 9.17) is 0 Å². The van der Waals surface area contributed by atoms with Gasteiger partial charge in [0.15, 0.2) is 5.96 Å². The van der Waals surface area contributed by atoms with Crippen molar-refractivity contribution in [1.82, 2.24) is 15.5 Å². The summed E-state index contributed by atoms with van der Waals surface area (Å²) in [6.45, 7) is 10.4. The number of piperidine rings is 1. The lowest BCUT2D eigenvalue weighted by atomic mass is 10.0. The molecule has 1 amide bonds. The van der Waals surface area contributed by atoms with E-state index in [2.05, 4.69) is 38.8 Å². The van der Waals surface area contributed by atoms with E-state index in [-0.39, 0.29) is 5.91 Å². The van der Waals surface area contributed by atoms with Crippen molar-refractivity contribution in [3.05, 3.63) is 29.8 Å². The molecule has 1 aliphatic rings. The summed E-state index contributed by atoms with van der Waals surface area (Å²) >= 11 is 0. The third-order valence-corrected chi connectivity index (χ3v) is 5.34. The first-order chi connectivity index (χ1) is 14.0. The maximum Gasteiger partial charge on any atom is 0.224 e. The average molecular weight is 402 g/mol. The first kappa shape index (κ1) is 23.2. The molecule has 1 fully saturated rings. The fourth-order valence-corrected chi connectivity index (χ4v) is 3.73. The number of aliphatic imine (C=N–C) groups is 1. The fourth-order valence-electron chi connectivity index (χ4n) is 3.73. The lowest BCUT2D eigenvalue weighted by Gasteiger charge is -2.33. The van der Waals surface area contributed by atoms with Gasteiger partial charge in [0.2, 0.25) is 5.91 Å². The normalized spacial score (nSPS) is 18.0. The molecule has 1 aromatic rings. The van der Waals surface area contributed by atoms with Gasteiger partial charge in [0.05, 0.1) is 0 Å². The Labute approximate surface area is 176 Å². The SMILES string of the molecule is CN=C(NCCCN1CCCCC1C)NCc1cccc(NC(=O)CC(C)C)c1. The van der Waals surface area contributed by atoms with Crippen LogP contribution < -0.4 is 16.0 Å². The number of guanidine groups is 1. The zero-order valence-corrected chi connectivity index (χ0v) is 18.6. The Morgan fingerprint density at radius 1 is 1.28 bits per heavy atom. The van der Waals surface area contributed by atoms with Crippen molar-refractivity contribution in [3.63, 3.8) is 0 Å². The number of benzene rings is 1. The molecule has 1 aromatic carbocycles. The van der Waals surface area contributed by atoms with Crippen molar-refractivity contribution in [1.29, 1.82) is 0 Å². The third-order valence-electron chi connectivity index (χ3n) is 5.34. The molecule has 0 radical (unpaired) electrons. The van der Waals surface area contributed by atoms with Crippen molar-refractivity contribution < 1.29 is 4.79 Å². The molecule has 6 heteroatoms. The summed E-state index contributed by atoms with van der Waals surface area (Å²) in [6.07, 6.45) is 5.68. The molecule has 0 aliphatic carbocycles. The van der Waals surface area contributed by atoms with Crippen molar-refractivity contribution >= 4 is 17.6 Å². The molecule has 1 aliphatic heterocycles. The van der Waals surface area contributed by atoms with Crippen LogP contribution >= 0.6 is 0 Å². The van der Waals surface area contributed by atoms with Gasteiger partial charge in [0.1, 0.15) is 0 Å². The van der Waals surface area contributed by atoms with Gasteiger partial charge >= 0.3 is 0 Å². The highest BCUT2D eigenvalue weighted by atomic mass is 16.1. The molecule has 2 rings (SSSR count). The summed E-state index contributed by atoms with van der Waals surface area (Å²) in [5, 5.41) is 9.74. The van der Waals surface area contributed by atoms with E-state index in [1.54, 1.807) is 7.05 Å². The van der Waals surface area contributed by atoms with Crippen LogP contribution in [0.25, 0.3) is 0 Å². The predicted octanol–water partition coefficient (Wildman–Crippen LogP) is 3.60. The second kappa shape index (κ2) is 12.5. The number of nitrogens with zero attached hydrogens (tertiary/aromatic N) is 2. The van der Waals surface area contributed by atoms with Gasteiger partial charge in [-0.2, -0.15) is 0 Å². The summed E-state index contributed by atoms with van der Waals surface area (Å²) < 4.78 is 0. The molecule has 0 spiro atoms. The van der Waals surface area contributed by atoms with E-state index in [9.17, 15) is 4.79 Å². The Balaban J connectivity index is 1.71. The number of likely N-dealkylation sites (tertiary alicyclic amines) is 1. The highest BCUT2D eigenvalue weighted by Crippen LogP contribution is 2.16. The third kappa shape index (κ3) is 8.86. The zero-order valence-electron chi connectivity index (χ0n) is 18.6. The molecule has 1 unspecified atom stereocenters. The Hall–Kier alpha value is -2.08. The largest absolute Gasteiger partial charge is 0.356 e. The molecule has 3 N–H and O–H groups in total. The van der Waals surface area contributed by atoms with Crippen LogP contribution in [0.15, 0.2) is 29.3 Å². The van der Waals surface area contributed by atoms with Crippen LogP contribution in [0.4, 0.5) is 5.69 Å². The topological polar surface area (TPSA) is 68.8 Å². The summed E-state index contributed by atoms with van der Waals surface area (Å²) in [5.74, 6) is 1.23. The molecule has 1 saturated heterocycles. The minimum atomic E-state index is 0.0607. The lowest BCUT2D eigenvalue weighted by Crippen LogP contribution is -2.41. The predicted molar refractivity (Wildman–Crippen MR) is 122 cm³/mol. The Bertz CT molecular complexity index is 658. The van der Waals surface area contributed by atoms with E-state index >= 15 is 0 Å². The molecular formula is C23H39N5O. The molecule has 29 heavy (non-hydrogen) atoms. The number of anilines is 1. The highest BCUT2D eigenvalue weighted by molar-refractivity contribution is 5.90. The second-order valence-electron chi connectivity index (χ2n) is 8.43. The zero-order chi connectivity index (χ0) is 21.1. The minimum absolute atomic E-state index is 0.0607. The quantitative estimate of drug-likeness (QED) is 0.336.